The van der Waals surface area contributed by atoms with Gasteiger partial charge in [0.15, 0.2) is 5.13 Å². The number of piperidine rings is 1. The van der Waals surface area contributed by atoms with Gasteiger partial charge in [0.25, 0.3) is 5.91 Å². The summed E-state index contributed by atoms with van der Waals surface area (Å²) in [6.45, 7) is 5.36. The van der Waals surface area contributed by atoms with Crippen LogP contribution in [0.2, 0.25) is 0 Å². The van der Waals surface area contributed by atoms with Crippen molar-refractivity contribution in [2.24, 2.45) is 5.92 Å². The highest BCUT2D eigenvalue weighted by atomic mass is 32.1. The normalized spacial score (nSPS) is 24.2. The zero-order valence-corrected chi connectivity index (χ0v) is 12.6. The Labute approximate surface area is 123 Å². The lowest BCUT2D eigenvalue weighted by Crippen LogP contribution is -2.43. The predicted octanol–water partition coefficient (Wildman–Crippen LogP) is 1.67. The van der Waals surface area contributed by atoms with E-state index in [-0.39, 0.29) is 5.91 Å². The second-order valence-corrected chi connectivity index (χ2v) is 6.89. The van der Waals surface area contributed by atoms with Crippen molar-refractivity contribution in [1.29, 1.82) is 0 Å². The van der Waals surface area contributed by atoms with Crippen LogP contribution in [0.3, 0.4) is 0 Å². The highest BCUT2D eigenvalue weighted by Gasteiger charge is 2.27. The van der Waals surface area contributed by atoms with Gasteiger partial charge in [0.2, 0.25) is 0 Å². The summed E-state index contributed by atoms with van der Waals surface area (Å²) in [5, 5.41) is 0.471. The molecule has 2 N–H and O–H groups in total. The Morgan fingerprint density at radius 1 is 1.35 bits per heavy atom. The SMILES string of the molecule is Nc1ncc(C(=O)N2CCCC(CN3CCCC3)C2)s1. The number of aromatic nitrogens is 1. The molecule has 2 fully saturated rings. The van der Waals surface area contributed by atoms with E-state index in [0.29, 0.717) is 15.9 Å². The lowest BCUT2D eigenvalue weighted by Gasteiger charge is -2.34. The minimum Gasteiger partial charge on any atom is -0.375 e. The summed E-state index contributed by atoms with van der Waals surface area (Å²) in [6.07, 6.45) is 6.61. The molecule has 20 heavy (non-hydrogen) atoms. The van der Waals surface area contributed by atoms with E-state index in [4.69, 9.17) is 5.73 Å². The van der Waals surface area contributed by atoms with Gasteiger partial charge in [-0.05, 0) is 44.7 Å². The molecule has 6 heteroatoms. The topological polar surface area (TPSA) is 62.5 Å². The third-order valence-corrected chi connectivity index (χ3v) is 5.07. The molecule has 5 nitrogen and oxygen atoms in total. The van der Waals surface area contributed by atoms with E-state index in [1.807, 2.05) is 4.90 Å². The van der Waals surface area contributed by atoms with Gasteiger partial charge in [0.1, 0.15) is 4.88 Å². The van der Waals surface area contributed by atoms with Gasteiger partial charge in [0.05, 0.1) is 6.20 Å². The van der Waals surface area contributed by atoms with Crippen LogP contribution in [0.4, 0.5) is 5.13 Å². The highest BCUT2D eigenvalue weighted by molar-refractivity contribution is 7.17. The van der Waals surface area contributed by atoms with Gasteiger partial charge in [0, 0.05) is 19.6 Å². The number of amides is 1. The van der Waals surface area contributed by atoms with Gasteiger partial charge in [-0.15, -0.1) is 0 Å². The van der Waals surface area contributed by atoms with E-state index >= 15 is 0 Å². The molecule has 1 aromatic heterocycles. The summed E-state index contributed by atoms with van der Waals surface area (Å²) in [6, 6.07) is 0. The Balaban J connectivity index is 1.58. The fourth-order valence-electron chi connectivity index (χ4n) is 3.27. The van der Waals surface area contributed by atoms with Gasteiger partial charge >= 0.3 is 0 Å². The fourth-order valence-corrected chi connectivity index (χ4v) is 3.92. The van der Waals surface area contributed by atoms with Crippen molar-refractivity contribution in [3.63, 3.8) is 0 Å². The lowest BCUT2D eigenvalue weighted by atomic mass is 9.97. The summed E-state index contributed by atoms with van der Waals surface area (Å²) in [5.74, 6) is 0.724. The van der Waals surface area contributed by atoms with Gasteiger partial charge < -0.3 is 15.5 Å². The largest absolute Gasteiger partial charge is 0.375 e. The first-order valence-corrected chi connectivity index (χ1v) is 8.27. The number of carbonyl (C=O) groups is 1. The van der Waals surface area contributed by atoms with Crippen LogP contribution in [-0.4, -0.2) is 53.4 Å². The van der Waals surface area contributed by atoms with Gasteiger partial charge in [-0.3, -0.25) is 4.79 Å². The van der Waals surface area contributed by atoms with E-state index in [2.05, 4.69) is 9.88 Å². The molecule has 0 radical (unpaired) electrons. The standard InChI is InChI=1S/C14H22N4OS/c15-14-16-8-12(20-14)13(19)18-7-3-4-11(10-18)9-17-5-1-2-6-17/h8,11H,1-7,9-10H2,(H2,15,16). The number of rotatable bonds is 3. The van der Waals surface area contributed by atoms with Crippen molar-refractivity contribution >= 4 is 22.4 Å². The van der Waals surface area contributed by atoms with Crippen molar-refractivity contribution < 1.29 is 4.79 Å². The monoisotopic (exact) mass is 294 g/mol. The van der Waals surface area contributed by atoms with Crippen LogP contribution in [-0.2, 0) is 0 Å². The van der Waals surface area contributed by atoms with Crippen molar-refractivity contribution in [3.05, 3.63) is 11.1 Å². The van der Waals surface area contributed by atoms with E-state index in [1.54, 1.807) is 6.20 Å². The van der Waals surface area contributed by atoms with Crippen LogP contribution in [0.15, 0.2) is 6.20 Å². The Morgan fingerprint density at radius 2 is 2.15 bits per heavy atom. The predicted molar refractivity (Wildman–Crippen MR) is 80.8 cm³/mol. The Hall–Kier alpha value is -1.14. The maximum absolute atomic E-state index is 12.4. The van der Waals surface area contributed by atoms with Crippen molar-refractivity contribution in [2.75, 3.05) is 38.5 Å². The van der Waals surface area contributed by atoms with Crippen molar-refractivity contribution in [3.8, 4) is 0 Å². The molecule has 3 heterocycles. The molecule has 3 rings (SSSR count). The van der Waals surface area contributed by atoms with Crippen LogP contribution in [0.1, 0.15) is 35.4 Å². The number of likely N-dealkylation sites (tertiary alicyclic amines) is 2. The maximum atomic E-state index is 12.4. The smallest absolute Gasteiger partial charge is 0.265 e. The summed E-state index contributed by atoms with van der Waals surface area (Å²) in [4.78, 5) is 21.6. The molecule has 0 aromatic carbocycles. The van der Waals surface area contributed by atoms with Crippen LogP contribution >= 0.6 is 11.3 Å². The van der Waals surface area contributed by atoms with E-state index in [0.717, 1.165) is 26.1 Å². The Bertz CT molecular complexity index is 469. The Morgan fingerprint density at radius 3 is 2.85 bits per heavy atom. The Kier molecular flexibility index (Phi) is 4.21. The summed E-state index contributed by atoms with van der Waals surface area (Å²) >= 11 is 1.29. The minimum atomic E-state index is 0.102. The molecular weight excluding hydrogens is 272 g/mol. The molecule has 0 aliphatic carbocycles. The van der Waals surface area contributed by atoms with E-state index in [9.17, 15) is 4.79 Å². The second-order valence-electron chi connectivity index (χ2n) is 5.83. The maximum Gasteiger partial charge on any atom is 0.265 e. The number of hydrogen-bond donors (Lipinski definition) is 1. The molecule has 0 bridgehead atoms. The zero-order chi connectivity index (χ0) is 13.9. The number of nitrogens with two attached hydrogens (primary N) is 1. The molecule has 0 saturated carbocycles. The average molecular weight is 294 g/mol. The molecular formula is C14H22N4OS. The summed E-state index contributed by atoms with van der Waals surface area (Å²) < 4.78 is 0. The highest BCUT2D eigenvalue weighted by Crippen LogP contribution is 2.23. The number of anilines is 1. The number of carbonyl (C=O) groups excluding carboxylic acids is 1. The molecule has 1 unspecified atom stereocenters. The molecule has 2 saturated heterocycles. The first-order chi connectivity index (χ1) is 9.72. The number of hydrogen-bond acceptors (Lipinski definition) is 5. The second kappa shape index (κ2) is 6.10. The third kappa shape index (κ3) is 3.12. The van der Waals surface area contributed by atoms with Crippen LogP contribution in [0.5, 0.6) is 0 Å². The first kappa shape index (κ1) is 13.8. The molecule has 1 amide bonds. The van der Waals surface area contributed by atoms with Gasteiger partial charge in [-0.25, -0.2) is 4.98 Å². The molecule has 2 aliphatic rings. The molecule has 1 atom stereocenters. The molecule has 1 aromatic rings. The number of nitrogens with zero attached hydrogens (tertiary/aromatic N) is 3. The summed E-state index contributed by atoms with van der Waals surface area (Å²) in [5.41, 5.74) is 5.61. The van der Waals surface area contributed by atoms with E-state index in [1.165, 1.54) is 43.7 Å². The van der Waals surface area contributed by atoms with Gasteiger partial charge in [-0.2, -0.15) is 0 Å². The molecule has 0 spiro atoms. The minimum absolute atomic E-state index is 0.102. The quantitative estimate of drug-likeness (QED) is 0.921. The van der Waals surface area contributed by atoms with Crippen molar-refractivity contribution in [2.45, 2.75) is 25.7 Å². The summed E-state index contributed by atoms with van der Waals surface area (Å²) in [7, 11) is 0. The molecule has 110 valence electrons. The number of nitrogen functional groups attached to an aromatic ring is 1. The number of thiazole rings is 1. The fraction of sp³-hybridized carbons (Fsp3) is 0.714. The van der Waals surface area contributed by atoms with Crippen LogP contribution in [0.25, 0.3) is 0 Å². The third-order valence-electron chi connectivity index (χ3n) is 4.26. The van der Waals surface area contributed by atoms with Crippen LogP contribution < -0.4 is 5.73 Å². The zero-order valence-electron chi connectivity index (χ0n) is 11.8. The van der Waals surface area contributed by atoms with E-state index < -0.39 is 0 Å². The van der Waals surface area contributed by atoms with Crippen molar-refractivity contribution in [1.82, 2.24) is 14.8 Å². The molecule has 2 aliphatic heterocycles. The van der Waals surface area contributed by atoms with Gasteiger partial charge in [-0.1, -0.05) is 11.3 Å². The van der Waals surface area contributed by atoms with Crippen LogP contribution in [0, 0.1) is 5.92 Å². The lowest BCUT2D eigenvalue weighted by molar-refractivity contribution is 0.0653. The first-order valence-electron chi connectivity index (χ1n) is 7.45. The average Bonchev–Trinajstić information content (AvgIpc) is 3.10.